The number of fused-ring (bicyclic) bond motifs is 12. The van der Waals surface area contributed by atoms with E-state index in [1.54, 1.807) is 0 Å². The standard InChI is InChI=1S/C64H46/c1-63(2)57-37-56-58(38-55(57)61-51-23-11-9-21-49(51)53(35-59(61)63)43-31-27-41(28-32-43)47-25-13-17-39-15-5-7-19-45(39)47)64(3,4)60-36-54(50-22-10-12-24-52(50)62(56)60)44-33-29-42(30-34-44)48-26-14-18-40-16-6-8-20-46(40)48/h5-38H,1-4H3. The van der Waals surface area contributed by atoms with Gasteiger partial charge in [0.1, 0.15) is 0 Å². The first-order chi connectivity index (χ1) is 31.3. The lowest BCUT2D eigenvalue weighted by molar-refractivity contribution is 0.652. The Kier molecular flexibility index (Phi) is 7.80. The minimum absolute atomic E-state index is 0.199. The van der Waals surface area contributed by atoms with Crippen molar-refractivity contribution < 1.29 is 0 Å². The maximum atomic E-state index is 2.58. The highest BCUT2D eigenvalue weighted by Crippen LogP contribution is 2.60. The zero-order valence-electron chi connectivity index (χ0n) is 36.6. The molecule has 2 aliphatic rings. The van der Waals surface area contributed by atoms with E-state index in [-0.39, 0.29) is 10.8 Å². The second kappa shape index (κ2) is 13.5. The van der Waals surface area contributed by atoms with Crippen LogP contribution >= 0.6 is 0 Å². The second-order valence-corrected chi connectivity index (χ2v) is 19.2. The van der Waals surface area contributed by atoms with Crippen LogP contribution in [0.5, 0.6) is 0 Å². The van der Waals surface area contributed by atoms with Crippen molar-refractivity contribution in [2.45, 2.75) is 38.5 Å². The quantitative estimate of drug-likeness (QED) is 0.166. The molecule has 0 saturated carbocycles. The van der Waals surface area contributed by atoms with Crippen LogP contribution in [-0.2, 0) is 10.8 Å². The van der Waals surface area contributed by atoms with Gasteiger partial charge in [-0.05, 0) is 156 Å². The van der Waals surface area contributed by atoms with Crippen molar-refractivity contribution in [3.8, 4) is 66.8 Å². The fourth-order valence-electron chi connectivity index (χ4n) is 11.7. The van der Waals surface area contributed by atoms with Crippen LogP contribution in [0, 0.1) is 0 Å². The lowest BCUT2D eigenvalue weighted by Gasteiger charge is -2.24. The van der Waals surface area contributed by atoms with Crippen LogP contribution in [0.1, 0.15) is 49.9 Å². The van der Waals surface area contributed by atoms with E-state index in [9.17, 15) is 0 Å². The summed E-state index contributed by atoms with van der Waals surface area (Å²) < 4.78 is 0. The Bertz CT molecular complexity index is 3490. The van der Waals surface area contributed by atoms with Crippen LogP contribution in [0.25, 0.3) is 110 Å². The first kappa shape index (κ1) is 37.1. The van der Waals surface area contributed by atoms with E-state index in [0.29, 0.717) is 0 Å². The van der Waals surface area contributed by atoms with Crippen molar-refractivity contribution >= 4 is 43.1 Å². The molecule has 0 heterocycles. The topological polar surface area (TPSA) is 0 Å². The van der Waals surface area contributed by atoms with Gasteiger partial charge in [0, 0.05) is 10.8 Å². The zero-order valence-corrected chi connectivity index (χ0v) is 36.6. The summed E-state index contributed by atoms with van der Waals surface area (Å²) >= 11 is 0. The van der Waals surface area contributed by atoms with Gasteiger partial charge in [-0.3, -0.25) is 0 Å². The molecule has 0 bridgehead atoms. The number of hydrogen-bond donors (Lipinski definition) is 0. The molecule has 0 aromatic heterocycles. The van der Waals surface area contributed by atoms with Crippen molar-refractivity contribution in [2.24, 2.45) is 0 Å². The average Bonchev–Trinajstić information content (AvgIpc) is 3.71. The average molecular weight is 815 g/mol. The maximum absolute atomic E-state index is 2.58. The molecule has 0 unspecified atom stereocenters. The van der Waals surface area contributed by atoms with E-state index >= 15 is 0 Å². The summed E-state index contributed by atoms with van der Waals surface area (Å²) in [5.74, 6) is 0. The van der Waals surface area contributed by atoms with Crippen molar-refractivity contribution in [2.75, 3.05) is 0 Å². The molecule has 0 radical (unpaired) electrons. The van der Waals surface area contributed by atoms with E-state index in [1.807, 2.05) is 0 Å². The molecule has 0 saturated heterocycles. The van der Waals surface area contributed by atoms with Crippen molar-refractivity contribution in [1.29, 1.82) is 0 Å². The summed E-state index contributed by atoms with van der Waals surface area (Å²) in [4.78, 5) is 0. The third-order valence-corrected chi connectivity index (χ3v) is 15.1. The van der Waals surface area contributed by atoms with Gasteiger partial charge in [0.15, 0.2) is 0 Å². The Hall–Kier alpha value is -7.54. The minimum atomic E-state index is -0.199. The summed E-state index contributed by atoms with van der Waals surface area (Å²) in [6, 6.07) is 77.5. The zero-order chi connectivity index (χ0) is 42.9. The molecule has 0 nitrogen and oxygen atoms in total. The molecule has 11 aromatic rings. The molecule has 0 heteroatoms. The van der Waals surface area contributed by atoms with E-state index in [0.717, 1.165) is 0 Å². The summed E-state index contributed by atoms with van der Waals surface area (Å²) in [5, 5.41) is 10.4. The molecule has 0 spiro atoms. The van der Waals surface area contributed by atoms with Crippen molar-refractivity contribution in [1.82, 2.24) is 0 Å². The second-order valence-electron chi connectivity index (χ2n) is 19.2. The molecule has 0 amide bonds. The Morgan fingerprint density at radius 3 is 0.922 bits per heavy atom. The maximum Gasteiger partial charge on any atom is 0.0159 e. The fraction of sp³-hybridized carbons (Fsp3) is 0.0938. The highest BCUT2D eigenvalue weighted by molar-refractivity contribution is 6.13. The summed E-state index contributed by atoms with van der Waals surface area (Å²) in [6.07, 6.45) is 0. The van der Waals surface area contributed by atoms with Crippen molar-refractivity contribution in [3.63, 3.8) is 0 Å². The van der Waals surface area contributed by atoms with E-state index in [2.05, 4.69) is 234 Å². The van der Waals surface area contributed by atoms with Crippen LogP contribution in [-0.4, -0.2) is 0 Å². The molecule has 2 aliphatic carbocycles. The molecule has 64 heavy (non-hydrogen) atoms. The molecule has 302 valence electrons. The van der Waals surface area contributed by atoms with Gasteiger partial charge in [-0.25, -0.2) is 0 Å². The first-order valence-electron chi connectivity index (χ1n) is 22.7. The third-order valence-electron chi connectivity index (χ3n) is 15.1. The molecule has 11 aromatic carbocycles. The molecular weight excluding hydrogens is 769 g/mol. The smallest absolute Gasteiger partial charge is 0.0159 e. The highest BCUT2D eigenvalue weighted by atomic mass is 14.5. The van der Waals surface area contributed by atoms with Gasteiger partial charge < -0.3 is 0 Å². The predicted molar refractivity (Wildman–Crippen MR) is 273 cm³/mol. The Morgan fingerprint density at radius 1 is 0.234 bits per heavy atom. The number of hydrogen-bond acceptors (Lipinski definition) is 0. The van der Waals surface area contributed by atoms with Gasteiger partial charge >= 0.3 is 0 Å². The van der Waals surface area contributed by atoms with Gasteiger partial charge in [0.05, 0.1) is 0 Å². The van der Waals surface area contributed by atoms with Crippen LogP contribution in [0.4, 0.5) is 0 Å². The Balaban J connectivity index is 0.934. The van der Waals surface area contributed by atoms with Crippen LogP contribution < -0.4 is 0 Å². The van der Waals surface area contributed by atoms with Gasteiger partial charge in [-0.2, -0.15) is 0 Å². The lowest BCUT2D eigenvalue weighted by atomic mass is 9.78. The fourth-order valence-corrected chi connectivity index (χ4v) is 11.7. The predicted octanol–water partition coefficient (Wildman–Crippen LogP) is 17.6. The van der Waals surface area contributed by atoms with Gasteiger partial charge in [-0.1, -0.05) is 210 Å². The monoisotopic (exact) mass is 814 g/mol. The van der Waals surface area contributed by atoms with E-state index < -0.39 is 0 Å². The largest absolute Gasteiger partial charge is 0.0616 e. The van der Waals surface area contributed by atoms with Gasteiger partial charge in [0.2, 0.25) is 0 Å². The first-order valence-corrected chi connectivity index (χ1v) is 22.7. The molecule has 13 rings (SSSR count). The van der Waals surface area contributed by atoms with Crippen LogP contribution in [0.15, 0.2) is 206 Å². The summed E-state index contributed by atoms with van der Waals surface area (Å²) in [5.41, 5.74) is 20.9. The van der Waals surface area contributed by atoms with E-state index in [4.69, 9.17) is 0 Å². The van der Waals surface area contributed by atoms with Crippen LogP contribution in [0.2, 0.25) is 0 Å². The van der Waals surface area contributed by atoms with E-state index in [1.165, 1.54) is 132 Å². The molecule has 0 atom stereocenters. The summed E-state index contributed by atoms with van der Waals surface area (Å²) in [7, 11) is 0. The molecular formula is C64H46. The highest BCUT2D eigenvalue weighted by Gasteiger charge is 2.43. The molecule has 0 aliphatic heterocycles. The minimum Gasteiger partial charge on any atom is -0.0616 e. The van der Waals surface area contributed by atoms with Gasteiger partial charge in [0.25, 0.3) is 0 Å². The normalized spacial score (nSPS) is 14.2. The Labute approximate surface area is 375 Å². The van der Waals surface area contributed by atoms with Crippen LogP contribution in [0.3, 0.4) is 0 Å². The Morgan fingerprint density at radius 2 is 0.531 bits per heavy atom. The number of rotatable bonds is 4. The summed E-state index contributed by atoms with van der Waals surface area (Å²) in [6.45, 7) is 9.76. The lowest BCUT2D eigenvalue weighted by Crippen LogP contribution is -2.17. The molecule has 0 fully saturated rings. The SMILES string of the molecule is CC1(C)c2cc3c(cc2-c2c1cc(-c1ccc(-c4cccc5ccccc45)cc1)c1ccccc21)C(C)(C)c1cc(-c2ccc(-c4cccc5ccccc45)cc2)c2ccccc2c1-3. The van der Waals surface area contributed by atoms with Gasteiger partial charge in [-0.15, -0.1) is 0 Å². The number of benzene rings is 11. The molecule has 0 N–H and O–H groups in total. The van der Waals surface area contributed by atoms with Crippen molar-refractivity contribution in [3.05, 3.63) is 229 Å². The third kappa shape index (κ3) is 5.23.